The Bertz CT molecular complexity index is 333. The maximum absolute atomic E-state index is 4.45. The van der Waals surface area contributed by atoms with Gasteiger partial charge in [-0.2, -0.15) is 16.9 Å². The highest BCUT2D eigenvalue weighted by atomic mass is 32.2. The molecule has 3 nitrogen and oxygen atoms in total. The maximum Gasteiger partial charge on any atom is 0.0644 e. The Morgan fingerprint density at radius 3 is 2.62 bits per heavy atom. The van der Waals surface area contributed by atoms with Crippen LogP contribution in [0.5, 0.6) is 0 Å². The maximum atomic E-state index is 4.45. The second-order valence-corrected chi connectivity index (χ2v) is 5.22. The molecule has 0 aliphatic carbocycles. The van der Waals surface area contributed by atoms with Crippen molar-refractivity contribution in [3.63, 3.8) is 0 Å². The lowest BCUT2D eigenvalue weighted by atomic mass is 10.1. The first kappa shape index (κ1) is 13.6. The van der Waals surface area contributed by atoms with E-state index in [-0.39, 0.29) is 0 Å². The van der Waals surface area contributed by atoms with Crippen molar-refractivity contribution in [2.24, 2.45) is 7.05 Å². The van der Waals surface area contributed by atoms with Crippen LogP contribution in [0.15, 0.2) is 0 Å². The Morgan fingerprint density at radius 1 is 1.44 bits per heavy atom. The second-order valence-electron chi connectivity index (χ2n) is 4.23. The van der Waals surface area contributed by atoms with Gasteiger partial charge in [0.15, 0.2) is 0 Å². The van der Waals surface area contributed by atoms with Crippen molar-refractivity contribution in [3.05, 3.63) is 17.0 Å². The number of aryl methyl sites for hydroxylation is 2. The molecule has 1 aromatic rings. The topological polar surface area (TPSA) is 29.9 Å². The zero-order chi connectivity index (χ0) is 12.1. The van der Waals surface area contributed by atoms with Gasteiger partial charge < -0.3 is 5.32 Å². The first-order valence-corrected chi connectivity index (χ1v) is 7.19. The lowest BCUT2D eigenvalue weighted by molar-refractivity contribution is 0.567. The average Bonchev–Trinajstić information content (AvgIpc) is 2.48. The predicted octanol–water partition coefficient (Wildman–Crippen LogP) is 2.44. The van der Waals surface area contributed by atoms with Crippen molar-refractivity contribution >= 4 is 11.8 Å². The molecule has 16 heavy (non-hydrogen) atoms. The molecular formula is C12H23N3S. The monoisotopic (exact) mass is 241 g/mol. The van der Waals surface area contributed by atoms with E-state index in [9.17, 15) is 0 Å². The van der Waals surface area contributed by atoms with E-state index in [1.807, 2.05) is 23.5 Å². The van der Waals surface area contributed by atoms with Crippen LogP contribution in [0.3, 0.4) is 0 Å². The highest BCUT2D eigenvalue weighted by Gasteiger charge is 2.15. The number of nitrogens with one attached hydrogen (secondary N) is 1. The fourth-order valence-electron chi connectivity index (χ4n) is 2.05. The highest BCUT2D eigenvalue weighted by molar-refractivity contribution is 7.98. The molecule has 0 saturated heterocycles. The summed E-state index contributed by atoms with van der Waals surface area (Å²) in [5, 5.41) is 8.01. The quantitative estimate of drug-likeness (QED) is 0.776. The van der Waals surface area contributed by atoms with Crippen molar-refractivity contribution in [1.29, 1.82) is 0 Å². The molecule has 0 aliphatic heterocycles. The van der Waals surface area contributed by atoms with Gasteiger partial charge in [-0.1, -0.05) is 0 Å². The molecule has 1 heterocycles. The smallest absolute Gasteiger partial charge is 0.0644 e. The van der Waals surface area contributed by atoms with Crippen LogP contribution in [-0.2, 0) is 7.05 Å². The van der Waals surface area contributed by atoms with Gasteiger partial charge in [-0.05, 0) is 45.7 Å². The molecule has 4 heteroatoms. The van der Waals surface area contributed by atoms with Crippen LogP contribution in [0, 0.1) is 13.8 Å². The Balaban J connectivity index is 2.55. The second kappa shape index (κ2) is 6.30. The van der Waals surface area contributed by atoms with E-state index in [1.165, 1.54) is 23.4 Å². The fraction of sp³-hybridized carbons (Fsp3) is 0.750. The molecule has 0 fully saturated rings. The molecule has 0 radical (unpaired) electrons. The van der Waals surface area contributed by atoms with Crippen LogP contribution in [0.2, 0.25) is 0 Å². The standard InChI is InChI=1S/C12H23N3S/c1-9(13-7-6-8-16-5)12-10(2)14-15(4)11(12)3/h9,13H,6-8H2,1-5H3. The van der Waals surface area contributed by atoms with Gasteiger partial charge in [0.25, 0.3) is 0 Å². The van der Waals surface area contributed by atoms with Crippen LogP contribution in [0.4, 0.5) is 0 Å². The number of hydrogen-bond donors (Lipinski definition) is 1. The number of thioether (sulfide) groups is 1. The third-order valence-electron chi connectivity index (χ3n) is 2.97. The van der Waals surface area contributed by atoms with Crippen molar-refractivity contribution in [2.45, 2.75) is 33.2 Å². The lowest BCUT2D eigenvalue weighted by Crippen LogP contribution is -2.21. The summed E-state index contributed by atoms with van der Waals surface area (Å²) in [4.78, 5) is 0. The summed E-state index contributed by atoms with van der Waals surface area (Å²) < 4.78 is 1.96. The number of nitrogens with zero attached hydrogens (tertiary/aromatic N) is 2. The average molecular weight is 241 g/mol. The van der Waals surface area contributed by atoms with Crippen molar-refractivity contribution in [3.8, 4) is 0 Å². The van der Waals surface area contributed by atoms with E-state index in [2.05, 4.69) is 37.4 Å². The van der Waals surface area contributed by atoms with Gasteiger partial charge in [-0.25, -0.2) is 0 Å². The Hall–Kier alpha value is -0.480. The molecule has 0 amide bonds. The summed E-state index contributed by atoms with van der Waals surface area (Å²) in [6.45, 7) is 7.52. The SMILES string of the molecule is CSCCCNC(C)c1c(C)nn(C)c1C. The van der Waals surface area contributed by atoms with Gasteiger partial charge >= 0.3 is 0 Å². The summed E-state index contributed by atoms with van der Waals surface area (Å²) in [5.74, 6) is 1.23. The predicted molar refractivity (Wildman–Crippen MR) is 72.1 cm³/mol. The molecule has 0 saturated carbocycles. The molecule has 1 N–H and O–H groups in total. The summed E-state index contributed by atoms with van der Waals surface area (Å²) in [5.41, 5.74) is 3.76. The zero-order valence-corrected chi connectivity index (χ0v) is 11.8. The Labute approximate surface area is 103 Å². The van der Waals surface area contributed by atoms with Gasteiger partial charge in [-0.3, -0.25) is 4.68 Å². The van der Waals surface area contributed by atoms with Crippen molar-refractivity contribution in [1.82, 2.24) is 15.1 Å². The van der Waals surface area contributed by atoms with Gasteiger partial charge in [-0.15, -0.1) is 0 Å². The van der Waals surface area contributed by atoms with Gasteiger partial charge in [0.2, 0.25) is 0 Å². The summed E-state index contributed by atoms with van der Waals surface area (Å²) in [7, 11) is 2.01. The minimum Gasteiger partial charge on any atom is -0.310 e. The summed E-state index contributed by atoms with van der Waals surface area (Å²) >= 11 is 1.90. The third kappa shape index (κ3) is 3.25. The van der Waals surface area contributed by atoms with Gasteiger partial charge in [0, 0.05) is 24.3 Å². The summed E-state index contributed by atoms with van der Waals surface area (Å²) in [6.07, 6.45) is 3.38. The van der Waals surface area contributed by atoms with Crippen LogP contribution in [0.1, 0.15) is 36.3 Å². The zero-order valence-electron chi connectivity index (χ0n) is 11.0. The molecule has 0 aromatic carbocycles. The lowest BCUT2D eigenvalue weighted by Gasteiger charge is -2.14. The van der Waals surface area contributed by atoms with E-state index in [0.29, 0.717) is 6.04 Å². The van der Waals surface area contributed by atoms with E-state index in [4.69, 9.17) is 0 Å². The van der Waals surface area contributed by atoms with Gasteiger partial charge in [0.05, 0.1) is 5.69 Å². The Morgan fingerprint density at radius 2 is 2.12 bits per heavy atom. The number of aromatic nitrogens is 2. The van der Waals surface area contributed by atoms with Crippen LogP contribution in [0.25, 0.3) is 0 Å². The van der Waals surface area contributed by atoms with Crippen LogP contribution >= 0.6 is 11.8 Å². The number of hydrogen-bond acceptors (Lipinski definition) is 3. The fourth-order valence-corrected chi connectivity index (χ4v) is 2.49. The molecule has 1 rings (SSSR count). The molecule has 0 spiro atoms. The van der Waals surface area contributed by atoms with E-state index < -0.39 is 0 Å². The molecule has 92 valence electrons. The van der Waals surface area contributed by atoms with Crippen molar-refractivity contribution < 1.29 is 0 Å². The molecule has 1 unspecified atom stereocenters. The van der Waals surface area contributed by atoms with E-state index >= 15 is 0 Å². The van der Waals surface area contributed by atoms with Crippen molar-refractivity contribution in [2.75, 3.05) is 18.6 Å². The third-order valence-corrected chi connectivity index (χ3v) is 3.67. The molecular weight excluding hydrogens is 218 g/mol. The van der Waals surface area contributed by atoms with Crippen LogP contribution in [-0.4, -0.2) is 28.3 Å². The van der Waals surface area contributed by atoms with E-state index in [0.717, 1.165) is 12.2 Å². The highest BCUT2D eigenvalue weighted by Crippen LogP contribution is 2.20. The normalized spacial score (nSPS) is 13.1. The molecule has 1 aromatic heterocycles. The molecule has 1 atom stereocenters. The summed E-state index contributed by atoms with van der Waals surface area (Å²) in [6, 6.07) is 0.399. The molecule has 0 aliphatic rings. The Kier molecular flexibility index (Phi) is 5.35. The first-order chi connectivity index (χ1) is 7.57. The minimum atomic E-state index is 0.399. The van der Waals surface area contributed by atoms with Crippen LogP contribution < -0.4 is 5.32 Å². The largest absolute Gasteiger partial charge is 0.310 e. The molecule has 0 bridgehead atoms. The van der Waals surface area contributed by atoms with Gasteiger partial charge in [0.1, 0.15) is 0 Å². The first-order valence-electron chi connectivity index (χ1n) is 5.80. The van der Waals surface area contributed by atoms with E-state index in [1.54, 1.807) is 0 Å². The minimum absolute atomic E-state index is 0.399. The number of rotatable bonds is 6.